The van der Waals surface area contributed by atoms with Crippen molar-refractivity contribution >= 4 is 23.7 Å². The normalized spacial score (nSPS) is 14.6. The third-order valence-electron chi connectivity index (χ3n) is 5.17. The number of rotatable bonds is 15. The van der Waals surface area contributed by atoms with E-state index in [0.29, 0.717) is 31.5 Å². The number of aromatic nitrogens is 2. The second-order valence-electron chi connectivity index (χ2n) is 7.66. The van der Waals surface area contributed by atoms with Crippen LogP contribution in [0.5, 0.6) is 0 Å². The van der Waals surface area contributed by atoms with Crippen LogP contribution in [0.4, 0.5) is 0 Å². The molecule has 0 aliphatic carbocycles. The molecule has 0 aromatic carbocycles. The number of aromatic amines is 1. The predicted octanol–water partition coefficient (Wildman–Crippen LogP) is -1.37. The Morgan fingerprint density at radius 2 is 1.78 bits per heavy atom. The minimum Gasteiger partial charge on any atom is -0.480 e. The first-order valence-electron chi connectivity index (χ1n) is 10.7. The van der Waals surface area contributed by atoms with Crippen molar-refractivity contribution in [1.29, 1.82) is 0 Å². The van der Waals surface area contributed by atoms with Crippen molar-refractivity contribution in [3.63, 3.8) is 0 Å². The Kier molecular flexibility index (Phi) is 12.0. The summed E-state index contributed by atoms with van der Waals surface area (Å²) >= 11 is 0. The lowest BCUT2D eigenvalue weighted by Gasteiger charge is -2.27. The molecule has 0 radical (unpaired) electrons. The van der Waals surface area contributed by atoms with Gasteiger partial charge in [-0.15, -0.1) is 0 Å². The maximum Gasteiger partial charge on any atom is 0.326 e. The standard InChI is InChI=1S/C20H35N7O5/c1-3-12(2)17(27-16(28)9-22)19(30)26-15(8-13-10-23-11-24-13)18(29)25-14(20(31)32)6-4-5-7-21/h10-12,14-15,17H,3-9,21-22H2,1-2H3,(H,23,24)(H,25,29)(H,26,30)(H,27,28)(H,31,32). The van der Waals surface area contributed by atoms with E-state index in [0.717, 1.165) is 0 Å². The van der Waals surface area contributed by atoms with Crippen molar-refractivity contribution < 1.29 is 24.3 Å². The third-order valence-corrected chi connectivity index (χ3v) is 5.17. The number of carbonyl (C=O) groups is 4. The Bertz CT molecular complexity index is 741. The summed E-state index contributed by atoms with van der Waals surface area (Å²) in [6.07, 6.45) is 4.98. The lowest BCUT2D eigenvalue weighted by Crippen LogP contribution is -2.58. The van der Waals surface area contributed by atoms with Gasteiger partial charge < -0.3 is 37.5 Å². The number of nitrogens with one attached hydrogen (secondary N) is 4. The molecule has 0 saturated heterocycles. The lowest BCUT2D eigenvalue weighted by atomic mass is 9.97. The first kappa shape index (κ1) is 27.0. The monoisotopic (exact) mass is 453 g/mol. The van der Waals surface area contributed by atoms with Crippen molar-refractivity contribution in [2.75, 3.05) is 13.1 Å². The van der Waals surface area contributed by atoms with Gasteiger partial charge in [0.2, 0.25) is 17.7 Å². The molecule has 4 unspecified atom stereocenters. The number of nitrogens with zero attached hydrogens (tertiary/aromatic N) is 1. The number of carboxylic acids is 1. The average molecular weight is 454 g/mol. The quantitative estimate of drug-likeness (QED) is 0.157. The topological polar surface area (TPSA) is 205 Å². The highest BCUT2D eigenvalue weighted by molar-refractivity contribution is 5.93. The number of imidazole rings is 1. The van der Waals surface area contributed by atoms with E-state index in [4.69, 9.17) is 11.5 Å². The van der Waals surface area contributed by atoms with Gasteiger partial charge in [0.1, 0.15) is 18.1 Å². The van der Waals surface area contributed by atoms with Crippen LogP contribution in [-0.4, -0.2) is 70.0 Å². The molecule has 0 spiro atoms. The van der Waals surface area contributed by atoms with E-state index in [-0.39, 0.29) is 25.3 Å². The number of carbonyl (C=O) groups excluding carboxylic acids is 3. The molecule has 9 N–H and O–H groups in total. The molecule has 1 heterocycles. The van der Waals surface area contributed by atoms with Crippen LogP contribution in [0.25, 0.3) is 0 Å². The van der Waals surface area contributed by atoms with Gasteiger partial charge in [-0.25, -0.2) is 9.78 Å². The second-order valence-corrected chi connectivity index (χ2v) is 7.66. The summed E-state index contributed by atoms with van der Waals surface area (Å²) in [4.78, 5) is 56.0. The van der Waals surface area contributed by atoms with Gasteiger partial charge in [-0.2, -0.15) is 0 Å². The summed E-state index contributed by atoms with van der Waals surface area (Å²) in [5, 5.41) is 17.2. The van der Waals surface area contributed by atoms with E-state index >= 15 is 0 Å². The van der Waals surface area contributed by atoms with E-state index in [2.05, 4.69) is 25.9 Å². The maximum absolute atomic E-state index is 13.0. The minimum atomic E-state index is -1.17. The number of carboxylic acid groups (broad SMARTS) is 1. The van der Waals surface area contributed by atoms with Gasteiger partial charge in [0, 0.05) is 18.3 Å². The first-order chi connectivity index (χ1) is 15.2. The molecule has 0 bridgehead atoms. The summed E-state index contributed by atoms with van der Waals surface area (Å²) in [6.45, 7) is 3.81. The summed E-state index contributed by atoms with van der Waals surface area (Å²) in [7, 11) is 0. The fourth-order valence-corrected chi connectivity index (χ4v) is 3.04. The molecule has 12 heteroatoms. The zero-order valence-corrected chi connectivity index (χ0v) is 18.6. The number of hydrogen-bond donors (Lipinski definition) is 7. The molecule has 0 aliphatic heterocycles. The van der Waals surface area contributed by atoms with Crippen molar-refractivity contribution in [2.24, 2.45) is 17.4 Å². The van der Waals surface area contributed by atoms with Gasteiger partial charge in [0.15, 0.2) is 0 Å². The van der Waals surface area contributed by atoms with E-state index in [1.54, 1.807) is 6.92 Å². The van der Waals surface area contributed by atoms with Crippen molar-refractivity contribution in [2.45, 2.75) is 64.1 Å². The third kappa shape index (κ3) is 9.02. The van der Waals surface area contributed by atoms with Crippen LogP contribution in [-0.2, 0) is 25.6 Å². The van der Waals surface area contributed by atoms with Crippen molar-refractivity contribution in [1.82, 2.24) is 25.9 Å². The molecular formula is C20H35N7O5. The number of amides is 3. The van der Waals surface area contributed by atoms with E-state index < -0.39 is 41.8 Å². The molecule has 1 rings (SSSR count). The maximum atomic E-state index is 13.0. The number of hydrogen-bond acceptors (Lipinski definition) is 7. The van der Waals surface area contributed by atoms with Crippen LogP contribution in [0, 0.1) is 5.92 Å². The molecule has 0 aliphatic rings. The average Bonchev–Trinajstić information content (AvgIpc) is 3.28. The Balaban J connectivity index is 3.00. The Hall–Kier alpha value is -2.99. The highest BCUT2D eigenvalue weighted by Crippen LogP contribution is 2.10. The molecule has 0 fully saturated rings. The van der Waals surface area contributed by atoms with E-state index in [1.165, 1.54) is 12.5 Å². The highest BCUT2D eigenvalue weighted by atomic mass is 16.4. The van der Waals surface area contributed by atoms with Gasteiger partial charge in [0.25, 0.3) is 0 Å². The second kappa shape index (κ2) is 14.1. The number of unbranched alkanes of at least 4 members (excludes halogenated alkanes) is 1. The van der Waals surface area contributed by atoms with Crippen molar-refractivity contribution in [3.05, 3.63) is 18.2 Å². The molecule has 12 nitrogen and oxygen atoms in total. The molecule has 3 amide bonds. The molecular weight excluding hydrogens is 418 g/mol. The van der Waals surface area contributed by atoms with E-state index in [9.17, 15) is 24.3 Å². The molecule has 32 heavy (non-hydrogen) atoms. The Morgan fingerprint density at radius 1 is 1.09 bits per heavy atom. The fraction of sp³-hybridized carbons (Fsp3) is 0.650. The molecule has 4 atom stereocenters. The number of nitrogens with two attached hydrogens (primary N) is 2. The summed E-state index contributed by atoms with van der Waals surface area (Å²) in [5.41, 5.74) is 11.4. The Morgan fingerprint density at radius 3 is 2.31 bits per heavy atom. The molecule has 1 aromatic heterocycles. The smallest absolute Gasteiger partial charge is 0.326 e. The summed E-state index contributed by atoms with van der Waals surface area (Å²) < 4.78 is 0. The largest absolute Gasteiger partial charge is 0.480 e. The van der Waals surface area contributed by atoms with Gasteiger partial charge in [-0.3, -0.25) is 14.4 Å². The van der Waals surface area contributed by atoms with Crippen LogP contribution in [0.15, 0.2) is 12.5 Å². The van der Waals surface area contributed by atoms with Gasteiger partial charge in [-0.1, -0.05) is 20.3 Å². The molecule has 1 aromatic rings. The first-order valence-corrected chi connectivity index (χ1v) is 10.7. The summed E-state index contributed by atoms with van der Waals surface area (Å²) in [6, 6.07) is -3.09. The van der Waals surface area contributed by atoms with E-state index in [1.807, 2.05) is 6.92 Å². The van der Waals surface area contributed by atoms with Crippen LogP contribution in [0.2, 0.25) is 0 Å². The van der Waals surface area contributed by atoms with Gasteiger partial charge >= 0.3 is 5.97 Å². The summed E-state index contributed by atoms with van der Waals surface area (Å²) in [5.74, 6) is -3.10. The predicted molar refractivity (Wildman–Crippen MR) is 117 cm³/mol. The minimum absolute atomic E-state index is 0.0603. The van der Waals surface area contributed by atoms with Crippen molar-refractivity contribution in [3.8, 4) is 0 Å². The van der Waals surface area contributed by atoms with Crippen LogP contribution >= 0.6 is 0 Å². The van der Waals surface area contributed by atoms with Crippen LogP contribution in [0.1, 0.15) is 45.2 Å². The zero-order valence-electron chi connectivity index (χ0n) is 18.6. The highest BCUT2D eigenvalue weighted by Gasteiger charge is 2.31. The van der Waals surface area contributed by atoms with Crippen LogP contribution < -0.4 is 27.4 Å². The zero-order chi connectivity index (χ0) is 24.1. The van der Waals surface area contributed by atoms with Gasteiger partial charge in [-0.05, 0) is 31.7 Å². The number of aliphatic carboxylic acids is 1. The molecule has 0 saturated carbocycles. The number of H-pyrrole nitrogens is 1. The lowest BCUT2D eigenvalue weighted by molar-refractivity contribution is -0.142. The van der Waals surface area contributed by atoms with Gasteiger partial charge in [0.05, 0.1) is 12.9 Å². The van der Waals surface area contributed by atoms with Crippen LogP contribution in [0.3, 0.4) is 0 Å². The Labute approximate surface area is 187 Å². The molecule has 180 valence electrons. The SMILES string of the molecule is CCC(C)C(NC(=O)CN)C(=O)NC(Cc1cnc[nH]1)C(=O)NC(CCCCN)C(=O)O. The fourth-order valence-electron chi connectivity index (χ4n) is 3.04.